The van der Waals surface area contributed by atoms with Gasteiger partial charge in [-0.3, -0.25) is 0 Å². The van der Waals surface area contributed by atoms with Crippen LogP contribution in [0, 0.1) is 12.7 Å². The highest BCUT2D eigenvalue weighted by molar-refractivity contribution is 7.09. The molecule has 1 N–H and O–H groups in total. The number of benzene rings is 1. The van der Waals surface area contributed by atoms with Crippen LogP contribution in [0.5, 0.6) is 0 Å². The van der Waals surface area contributed by atoms with E-state index in [1.54, 1.807) is 12.1 Å². The molecule has 1 unspecified atom stereocenters. The van der Waals surface area contributed by atoms with Crippen LogP contribution in [0.1, 0.15) is 29.6 Å². The van der Waals surface area contributed by atoms with Crippen LogP contribution < -0.4 is 0 Å². The van der Waals surface area contributed by atoms with Crippen molar-refractivity contribution in [3.63, 3.8) is 0 Å². The van der Waals surface area contributed by atoms with E-state index in [0.717, 1.165) is 10.7 Å². The molecule has 0 radical (unpaired) electrons. The molecule has 0 saturated carbocycles. The zero-order valence-corrected chi connectivity index (χ0v) is 11.3. The molecule has 0 fully saturated rings. The smallest absolute Gasteiger partial charge is 0.123 e. The molecule has 1 aromatic heterocycles. The molecule has 18 heavy (non-hydrogen) atoms. The average Bonchev–Trinajstić information content (AvgIpc) is 2.74. The lowest BCUT2D eigenvalue weighted by Gasteiger charge is -2.26. The first kappa shape index (κ1) is 13.2. The van der Waals surface area contributed by atoms with Crippen LogP contribution in [0.4, 0.5) is 4.39 Å². The zero-order chi connectivity index (χ0) is 13.2. The number of aryl methyl sites for hydroxylation is 1. The summed E-state index contributed by atoms with van der Waals surface area (Å²) in [5.41, 5.74) is 0.511. The molecular formula is C14H16FNOS. The van der Waals surface area contributed by atoms with Crippen molar-refractivity contribution in [3.05, 3.63) is 51.7 Å². The fourth-order valence-electron chi connectivity index (χ4n) is 1.94. The summed E-state index contributed by atoms with van der Waals surface area (Å²) in [6, 6.07) is 6.16. The van der Waals surface area contributed by atoms with Crippen molar-refractivity contribution in [2.75, 3.05) is 0 Å². The number of hydrogen-bond acceptors (Lipinski definition) is 3. The van der Waals surface area contributed by atoms with Crippen molar-refractivity contribution in [1.82, 2.24) is 4.98 Å². The standard InChI is InChI=1S/C14H16FNOS/c1-3-14(17,8-13-16-10(2)9-18-13)11-5-4-6-12(15)7-11/h4-7,9,17H,3,8H2,1-2H3. The first-order valence-corrected chi connectivity index (χ1v) is 6.81. The van der Waals surface area contributed by atoms with E-state index >= 15 is 0 Å². The summed E-state index contributed by atoms with van der Waals surface area (Å²) in [6.07, 6.45) is 0.945. The fourth-order valence-corrected chi connectivity index (χ4v) is 2.82. The van der Waals surface area contributed by atoms with Crippen molar-refractivity contribution in [2.24, 2.45) is 0 Å². The normalized spacial score (nSPS) is 14.4. The third-order valence-electron chi connectivity index (χ3n) is 3.06. The molecule has 1 heterocycles. The van der Waals surface area contributed by atoms with Crippen LogP contribution in [0.2, 0.25) is 0 Å². The predicted octanol–water partition coefficient (Wildman–Crippen LogP) is 3.43. The Morgan fingerprint density at radius 3 is 2.78 bits per heavy atom. The number of hydrogen-bond donors (Lipinski definition) is 1. The summed E-state index contributed by atoms with van der Waals surface area (Å²) >= 11 is 1.53. The molecule has 1 atom stereocenters. The quantitative estimate of drug-likeness (QED) is 0.918. The van der Waals surface area contributed by atoms with Gasteiger partial charge in [0.25, 0.3) is 0 Å². The maximum atomic E-state index is 13.3. The second-order valence-corrected chi connectivity index (χ2v) is 5.40. The molecule has 2 rings (SSSR count). The molecule has 2 nitrogen and oxygen atoms in total. The van der Waals surface area contributed by atoms with E-state index in [4.69, 9.17) is 0 Å². The van der Waals surface area contributed by atoms with E-state index in [2.05, 4.69) is 4.98 Å². The molecule has 0 aliphatic rings. The predicted molar refractivity (Wildman–Crippen MR) is 71.1 cm³/mol. The van der Waals surface area contributed by atoms with Gasteiger partial charge in [0, 0.05) is 17.5 Å². The highest BCUT2D eigenvalue weighted by Crippen LogP contribution is 2.30. The number of aromatic nitrogens is 1. The molecule has 1 aromatic carbocycles. The van der Waals surface area contributed by atoms with Gasteiger partial charge in [-0.15, -0.1) is 11.3 Å². The van der Waals surface area contributed by atoms with Crippen molar-refractivity contribution < 1.29 is 9.50 Å². The van der Waals surface area contributed by atoms with Gasteiger partial charge in [0.2, 0.25) is 0 Å². The van der Waals surface area contributed by atoms with E-state index < -0.39 is 5.60 Å². The van der Waals surface area contributed by atoms with E-state index in [1.807, 2.05) is 19.2 Å². The minimum Gasteiger partial charge on any atom is -0.385 e. The lowest BCUT2D eigenvalue weighted by molar-refractivity contribution is 0.0323. The molecule has 0 spiro atoms. The summed E-state index contributed by atoms with van der Waals surface area (Å²) in [7, 11) is 0. The third kappa shape index (κ3) is 2.76. The van der Waals surface area contributed by atoms with Crippen LogP contribution in [0.3, 0.4) is 0 Å². The number of thiazole rings is 1. The van der Waals surface area contributed by atoms with E-state index in [9.17, 15) is 9.50 Å². The second kappa shape index (κ2) is 5.16. The summed E-state index contributed by atoms with van der Waals surface area (Å²) in [5, 5.41) is 13.5. The SMILES string of the molecule is CCC(O)(Cc1nc(C)cs1)c1cccc(F)c1. The van der Waals surface area contributed by atoms with Crippen molar-refractivity contribution in [3.8, 4) is 0 Å². The Kier molecular flexibility index (Phi) is 3.78. The van der Waals surface area contributed by atoms with Gasteiger partial charge in [-0.2, -0.15) is 0 Å². The molecular weight excluding hydrogens is 249 g/mol. The first-order chi connectivity index (χ1) is 8.53. The molecule has 0 saturated heterocycles. The molecule has 0 aliphatic heterocycles. The van der Waals surface area contributed by atoms with Gasteiger partial charge in [0.1, 0.15) is 5.82 Å². The molecule has 4 heteroatoms. The van der Waals surface area contributed by atoms with Gasteiger partial charge in [0.15, 0.2) is 0 Å². The minimum atomic E-state index is -1.05. The van der Waals surface area contributed by atoms with Gasteiger partial charge < -0.3 is 5.11 Å². The van der Waals surface area contributed by atoms with Gasteiger partial charge in [0.05, 0.1) is 10.6 Å². The summed E-state index contributed by atoms with van der Waals surface area (Å²) < 4.78 is 13.3. The number of nitrogens with zero attached hydrogens (tertiary/aromatic N) is 1. The van der Waals surface area contributed by atoms with Crippen LogP contribution in [0.25, 0.3) is 0 Å². The van der Waals surface area contributed by atoms with Crippen LogP contribution in [-0.2, 0) is 12.0 Å². The first-order valence-electron chi connectivity index (χ1n) is 5.93. The topological polar surface area (TPSA) is 33.1 Å². The Labute approximate surface area is 110 Å². The molecule has 0 aliphatic carbocycles. The van der Waals surface area contributed by atoms with Gasteiger partial charge in [-0.05, 0) is 31.0 Å². The Morgan fingerprint density at radius 1 is 1.44 bits per heavy atom. The largest absolute Gasteiger partial charge is 0.385 e. The van der Waals surface area contributed by atoms with Gasteiger partial charge in [-0.1, -0.05) is 19.1 Å². The van der Waals surface area contributed by atoms with Crippen LogP contribution in [-0.4, -0.2) is 10.1 Å². The highest BCUT2D eigenvalue weighted by Gasteiger charge is 2.29. The van der Waals surface area contributed by atoms with E-state index in [-0.39, 0.29) is 5.82 Å². The Hall–Kier alpha value is -1.26. The summed E-state index contributed by atoms with van der Waals surface area (Å²) in [5.74, 6) is -0.324. The van der Waals surface area contributed by atoms with Crippen molar-refractivity contribution in [2.45, 2.75) is 32.3 Å². The lowest BCUT2D eigenvalue weighted by Crippen LogP contribution is -2.27. The van der Waals surface area contributed by atoms with Crippen molar-refractivity contribution in [1.29, 1.82) is 0 Å². The molecule has 0 amide bonds. The van der Waals surface area contributed by atoms with Gasteiger partial charge >= 0.3 is 0 Å². The molecule has 2 aromatic rings. The highest BCUT2D eigenvalue weighted by atomic mass is 32.1. The maximum Gasteiger partial charge on any atom is 0.123 e. The second-order valence-electron chi connectivity index (χ2n) is 4.45. The number of halogens is 1. The molecule has 0 bridgehead atoms. The minimum absolute atomic E-state index is 0.324. The number of rotatable bonds is 4. The lowest BCUT2D eigenvalue weighted by atomic mass is 9.88. The van der Waals surface area contributed by atoms with Gasteiger partial charge in [-0.25, -0.2) is 9.37 Å². The molecule has 96 valence electrons. The fraction of sp³-hybridized carbons (Fsp3) is 0.357. The van der Waals surface area contributed by atoms with Crippen molar-refractivity contribution >= 4 is 11.3 Å². The van der Waals surface area contributed by atoms with Crippen LogP contribution >= 0.6 is 11.3 Å². The average molecular weight is 265 g/mol. The number of aliphatic hydroxyl groups is 1. The monoisotopic (exact) mass is 265 g/mol. The summed E-state index contributed by atoms with van der Waals surface area (Å²) in [4.78, 5) is 4.36. The Morgan fingerprint density at radius 2 is 2.22 bits per heavy atom. The third-order valence-corrected chi connectivity index (χ3v) is 4.02. The van der Waals surface area contributed by atoms with E-state index in [1.165, 1.54) is 23.5 Å². The van der Waals surface area contributed by atoms with E-state index in [0.29, 0.717) is 18.4 Å². The maximum absolute atomic E-state index is 13.3. The zero-order valence-electron chi connectivity index (χ0n) is 10.5. The Bertz CT molecular complexity index is 540. The Balaban J connectivity index is 2.30. The van der Waals surface area contributed by atoms with Crippen LogP contribution in [0.15, 0.2) is 29.6 Å². The summed E-state index contributed by atoms with van der Waals surface area (Å²) in [6.45, 7) is 3.82.